The second kappa shape index (κ2) is 5.20. The summed E-state index contributed by atoms with van der Waals surface area (Å²) in [6, 6.07) is 5.44. The van der Waals surface area contributed by atoms with Gasteiger partial charge in [0, 0.05) is 6.54 Å². The molecule has 1 atom stereocenters. The summed E-state index contributed by atoms with van der Waals surface area (Å²) in [6.45, 7) is 2.00. The van der Waals surface area contributed by atoms with Crippen molar-refractivity contribution in [2.45, 2.75) is 12.9 Å². The Bertz CT molecular complexity index is 443. The largest absolute Gasteiger partial charge is 0.482 e. The van der Waals surface area contributed by atoms with Gasteiger partial charge in [-0.2, -0.15) is 0 Å². The predicted molar refractivity (Wildman–Crippen MR) is 63.7 cm³/mol. The second-order valence-corrected chi connectivity index (χ2v) is 3.98. The van der Waals surface area contributed by atoms with Crippen molar-refractivity contribution in [1.82, 2.24) is 0 Å². The van der Waals surface area contributed by atoms with Crippen LogP contribution in [-0.4, -0.2) is 31.1 Å². The fourth-order valence-corrected chi connectivity index (χ4v) is 2.01. The molecule has 0 bridgehead atoms. The Morgan fingerprint density at radius 1 is 1.61 bits per heavy atom. The maximum absolute atomic E-state index is 10.4. The van der Waals surface area contributed by atoms with Crippen molar-refractivity contribution in [1.29, 1.82) is 0 Å². The average molecular weight is 502 g/mol. The van der Waals surface area contributed by atoms with Gasteiger partial charge in [0.15, 0.2) is 6.61 Å². The number of fused-ring (bicyclic) bond motifs is 1. The number of benzene rings is 1. The van der Waals surface area contributed by atoms with Gasteiger partial charge in [0.25, 0.3) is 0 Å². The number of carbonyl (C=O) groups is 1. The first-order valence-corrected chi connectivity index (χ1v) is 5.45. The molecule has 5 nitrogen and oxygen atoms in total. The van der Waals surface area contributed by atoms with Gasteiger partial charge in [-0.05, 0) is 23.2 Å². The number of nitrogens with two attached hydrogens (primary N) is 1. The number of hydrogen-bond donors (Lipinski definition) is 2. The van der Waals surface area contributed by atoms with Crippen molar-refractivity contribution < 1.29 is 19.3 Å². The van der Waals surface area contributed by atoms with Gasteiger partial charge in [-0.1, -0.05) is 12.9 Å². The van der Waals surface area contributed by atoms with Crippen LogP contribution in [0.2, 0.25) is 6.82 Å². The molecule has 0 aromatic heterocycles. The minimum atomic E-state index is -0.991. The van der Waals surface area contributed by atoms with Gasteiger partial charge >= 0.3 is 12.9 Å². The van der Waals surface area contributed by atoms with Crippen LogP contribution in [0, 0.1) is 0 Å². The fourth-order valence-electron chi connectivity index (χ4n) is 2.01. The van der Waals surface area contributed by atoms with Gasteiger partial charge in [0.05, 0.1) is 6.10 Å². The molecular weight excluding hydrogens is 488 g/mol. The quantitative estimate of drug-likeness (QED) is 0.568. The first kappa shape index (κ1) is 13.5. The van der Waals surface area contributed by atoms with E-state index in [2.05, 4.69) is 0 Å². The van der Waals surface area contributed by atoms with E-state index in [1.165, 1.54) is 0 Å². The molecule has 1 aliphatic heterocycles. The molecule has 0 saturated carbocycles. The number of carboxylic acids is 1. The third-order valence-electron chi connectivity index (χ3n) is 2.79. The summed E-state index contributed by atoms with van der Waals surface area (Å²) in [5, 5.41) is 8.53. The zero-order valence-electron chi connectivity index (χ0n) is 10.3. The summed E-state index contributed by atoms with van der Waals surface area (Å²) in [5.74, 6) is -0.450. The van der Waals surface area contributed by atoms with Gasteiger partial charge in [-0.25, -0.2) is 4.79 Å². The minimum Gasteiger partial charge on any atom is -0.482 e. The van der Waals surface area contributed by atoms with Crippen LogP contribution < -0.4 is 15.9 Å². The number of hydrogen-bond acceptors (Lipinski definition) is 4. The summed E-state index contributed by atoms with van der Waals surface area (Å²) in [4.78, 5) is 10.4. The number of ether oxygens (including phenoxy) is 1. The van der Waals surface area contributed by atoms with Crippen LogP contribution in [0.15, 0.2) is 18.2 Å². The van der Waals surface area contributed by atoms with Crippen LogP contribution in [0.4, 0.5) is 0 Å². The van der Waals surface area contributed by atoms with E-state index in [0.29, 0.717) is 12.3 Å². The van der Waals surface area contributed by atoms with Gasteiger partial charge in [-0.3, -0.25) is 0 Å². The third kappa shape index (κ3) is 2.41. The van der Waals surface area contributed by atoms with Crippen molar-refractivity contribution in [2.75, 3.05) is 13.2 Å². The number of rotatable bonds is 4. The summed E-state index contributed by atoms with van der Waals surface area (Å²) < 4.78 is 10.8. The standard InChI is InChI=1S/C11H14BNO4.Rf/c1-12-9-4-7(16-6-11(14)15)2-3-8(9)10(5-13)17-12;/h2-4,10H,5-6,13H2,1H3,(H,14,15);/t10-;/m1./s1. The molecule has 0 radical (unpaired) electrons. The summed E-state index contributed by atoms with van der Waals surface area (Å²) in [5.41, 5.74) is 7.69. The summed E-state index contributed by atoms with van der Waals surface area (Å²) in [7, 11) is 0. The van der Waals surface area contributed by atoms with Gasteiger partial charge < -0.3 is 20.2 Å². The normalized spacial score (nSPS) is 17.0. The Morgan fingerprint density at radius 2 is 2.33 bits per heavy atom. The Labute approximate surface area is 99.6 Å². The second-order valence-electron chi connectivity index (χ2n) is 3.98. The SMILES string of the molecule is CB1O[C@H](CN)c2ccc(OCC(=O)O)cc21.[Rf]. The van der Waals surface area contributed by atoms with E-state index < -0.39 is 5.97 Å². The average Bonchev–Trinajstić information content (AvgIpc) is 2.63. The van der Waals surface area contributed by atoms with Crippen molar-refractivity contribution in [3.8, 4) is 5.75 Å². The molecule has 18 heavy (non-hydrogen) atoms. The summed E-state index contributed by atoms with van der Waals surface area (Å²) >= 11 is 0. The zero-order valence-corrected chi connectivity index (χ0v) is 16.7. The Hall–Kier alpha value is -2.53. The molecule has 3 N–H and O–H groups in total. The van der Waals surface area contributed by atoms with Crippen LogP contribution in [0.5, 0.6) is 5.75 Å². The fraction of sp³-hybridized carbons (Fsp3) is 0.364. The van der Waals surface area contributed by atoms with E-state index in [4.69, 9.17) is 20.2 Å². The molecule has 2 rings (SSSR count). The Morgan fingerprint density at radius 3 is 2.94 bits per heavy atom. The van der Waals surface area contributed by atoms with Gasteiger partial charge in [0.1, 0.15) is 5.75 Å². The molecule has 1 heterocycles. The molecule has 1 aromatic carbocycles. The smallest absolute Gasteiger partial charge is 0.341 e. The van der Waals surface area contributed by atoms with Gasteiger partial charge in [-0.15, -0.1) is 0 Å². The first-order valence-electron chi connectivity index (χ1n) is 5.45. The zero-order chi connectivity index (χ0) is 12.4. The van der Waals surface area contributed by atoms with Gasteiger partial charge in [0.2, 0.25) is 0 Å². The first-order chi connectivity index (χ1) is 8.11. The van der Waals surface area contributed by atoms with Crippen molar-refractivity contribution in [3.05, 3.63) is 23.8 Å². The van der Waals surface area contributed by atoms with Crippen LogP contribution in [0.1, 0.15) is 11.7 Å². The minimum absolute atomic E-state index is 0. The predicted octanol–water partition coefficient (Wildman–Crippen LogP) is 0.00830. The van der Waals surface area contributed by atoms with Crippen molar-refractivity contribution in [2.24, 2.45) is 5.73 Å². The third-order valence-corrected chi connectivity index (χ3v) is 2.79. The van der Waals surface area contributed by atoms with Crippen LogP contribution in [0.25, 0.3) is 0 Å². The molecule has 7 heteroatoms. The van der Waals surface area contributed by atoms with Crippen LogP contribution >= 0.6 is 0 Å². The molecule has 0 aliphatic carbocycles. The van der Waals surface area contributed by atoms with E-state index >= 15 is 0 Å². The van der Waals surface area contributed by atoms with E-state index in [-0.39, 0.29) is 19.6 Å². The number of carboxylic acid groups (broad SMARTS) is 1. The van der Waals surface area contributed by atoms with Crippen molar-refractivity contribution >= 4 is 18.3 Å². The molecule has 0 saturated heterocycles. The molecule has 0 fully saturated rings. The van der Waals surface area contributed by atoms with Crippen LogP contribution in [0.3, 0.4) is 0 Å². The Balaban J connectivity index is 0.00000162. The topological polar surface area (TPSA) is 81.8 Å². The van der Waals surface area contributed by atoms with E-state index in [1.807, 2.05) is 19.0 Å². The molecule has 0 amide bonds. The maximum atomic E-state index is 10.4. The van der Waals surface area contributed by atoms with E-state index in [9.17, 15) is 4.79 Å². The summed E-state index contributed by atoms with van der Waals surface area (Å²) in [6.07, 6.45) is -0.0754. The Kier molecular flexibility index (Phi) is 3.91. The number of aliphatic carboxylic acids is 1. The molecule has 0 unspecified atom stereocenters. The van der Waals surface area contributed by atoms with Crippen LogP contribution in [-0.2, 0) is 9.45 Å². The monoisotopic (exact) mass is 502 g/mol. The van der Waals surface area contributed by atoms with E-state index in [1.54, 1.807) is 6.07 Å². The molecule has 1 aromatic rings. The maximum Gasteiger partial charge on any atom is 0.341 e. The molecule has 92 valence electrons. The van der Waals surface area contributed by atoms with Crippen molar-refractivity contribution in [3.63, 3.8) is 0 Å². The van der Waals surface area contributed by atoms with E-state index in [0.717, 1.165) is 11.0 Å². The molecule has 0 spiro atoms. The molecule has 1 aliphatic rings. The molecular formula is C11H14BNO4Rf.